The van der Waals surface area contributed by atoms with Crippen molar-refractivity contribution in [3.05, 3.63) is 35.4 Å². The van der Waals surface area contributed by atoms with E-state index in [0.717, 1.165) is 6.54 Å². The Kier molecular flexibility index (Phi) is 3.22. The number of carbonyl (C=O) groups excluding carboxylic acids is 1. The third-order valence-corrected chi connectivity index (χ3v) is 3.09. The lowest BCUT2D eigenvalue weighted by atomic mass is 9.93. The van der Waals surface area contributed by atoms with Gasteiger partial charge in [0.1, 0.15) is 0 Å². The lowest BCUT2D eigenvalue weighted by molar-refractivity contribution is -0.123. The van der Waals surface area contributed by atoms with Crippen molar-refractivity contribution in [2.75, 3.05) is 13.1 Å². The summed E-state index contributed by atoms with van der Waals surface area (Å²) < 4.78 is 0. The zero-order chi connectivity index (χ0) is 11.5. The van der Waals surface area contributed by atoms with Crippen LogP contribution < -0.4 is 11.5 Å². The highest BCUT2D eigenvalue weighted by molar-refractivity contribution is 5.80. The van der Waals surface area contributed by atoms with Gasteiger partial charge in [-0.15, -0.1) is 0 Å². The van der Waals surface area contributed by atoms with E-state index in [0.29, 0.717) is 19.5 Å². The van der Waals surface area contributed by atoms with Gasteiger partial charge in [-0.05, 0) is 17.5 Å². The number of primary amides is 1. The van der Waals surface area contributed by atoms with Crippen LogP contribution in [0, 0.1) is 0 Å². The van der Waals surface area contributed by atoms with Crippen LogP contribution in [0.3, 0.4) is 0 Å². The molecule has 0 saturated heterocycles. The summed E-state index contributed by atoms with van der Waals surface area (Å²) in [4.78, 5) is 13.4. The zero-order valence-corrected chi connectivity index (χ0v) is 9.23. The van der Waals surface area contributed by atoms with Crippen molar-refractivity contribution < 1.29 is 4.79 Å². The molecule has 1 aromatic carbocycles. The van der Waals surface area contributed by atoms with E-state index in [9.17, 15) is 4.79 Å². The predicted octanol–water partition coefficient (Wildman–Crippen LogP) is -0.143. The molecule has 86 valence electrons. The Labute approximate surface area is 95.2 Å². The quantitative estimate of drug-likeness (QED) is 0.743. The summed E-state index contributed by atoms with van der Waals surface area (Å²) in [5, 5.41) is 0. The van der Waals surface area contributed by atoms with Gasteiger partial charge in [-0.3, -0.25) is 9.69 Å². The summed E-state index contributed by atoms with van der Waals surface area (Å²) >= 11 is 0. The van der Waals surface area contributed by atoms with Gasteiger partial charge < -0.3 is 11.5 Å². The third kappa shape index (κ3) is 2.08. The molecule has 0 saturated carbocycles. The minimum absolute atomic E-state index is 0.210. The average molecular weight is 219 g/mol. The lowest BCUT2D eigenvalue weighted by Gasteiger charge is -2.34. The minimum atomic E-state index is -0.261. The Morgan fingerprint density at radius 3 is 2.69 bits per heavy atom. The molecule has 1 aliphatic heterocycles. The molecule has 0 radical (unpaired) electrons. The number of rotatable bonds is 3. The summed E-state index contributed by atoms with van der Waals surface area (Å²) in [5.41, 5.74) is 13.5. The van der Waals surface area contributed by atoms with E-state index in [-0.39, 0.29) is 11.9 Å². The van der Waals surface area contributed by atoms with Gasteiger partial charge in [-0.2, -0.15) is 0 Å². The molecule has 0 bridgehead atoms. The largest absolute Gasteiger partial charge is 0.368 e. The number of hydrogen-bond acceptors (Lipinski definition) is 3. The maximum atomic E-state index is 11.4. The molecule has 4 nitrogen and oxygen atoms in total. The molecule has 4 N–H and O–H groups in total. The van der Waals surface area contributed by atoms with Crippen molar-refractivity contribution in [1.82, 2.24) is 4.90 Å². The summed E-state index contributed by atoms with van der Waals surface area (Å²) in [7, 11) is 0. The Morgan fingerprint density at radius 2 is 2.06 bits per heavy atom. The molecule has 0 aliphatic carbocycles. The predicted molar refractivity (Wildman–Crippen MR) is 62.6 cm³/mol. The SMILES string of the molecule is NCCN1Cc2ccccc2CC1C(N)=O. The molecule has 1 heterocycles. The Balaban J connectivity index is 2.25. The first-order valence-corrected chi connectivity index (χ1v) is 5.52. The molecule has 0 spiro atoms. The molecular weight excluding hydrogens is 202 g/mol. The second-order valence-corrected chi connectivity index (χ2v) is 4.15. The second kappa shape index (κ2) is 4.63. The van der Waals surface area contributed by atoms with E-state index in [1.54, 1.807) is 0 Å². The van der Waals surface area contributed by atoms with Crippen molar-refractivity contribution in [3.63, 3.8) is 0 Å². The summed E-state index contributed by atoms with van der Waals surface area (Å²) in [6.07, 6.45) is 0.700. The van der Waals surface area contributed by atoms with Gasteiger partial charge in [0, 0.05) is 19.6 Å². The molecular formula is C12H17N3O. The molecule has 16 heavy (non-hydrogen) atoms. The molecule has 1 aromatic rings. The van der Waals surface area contributed by atoms with E-state index in [4.69, 9.17) is 11.5 Å². The van der Waals surface area contributed by atoms with Crippen LogP contribution >= 0.6 is 0 Å². The van der Waals surface area contributed by atoms with Gasteiger partial charge in [0.2, 0.25) is 5.91 Å². The maximum absolute atomic E-state index is 11.4. The first-order chi connectivity index (χ1) is 7.72. The van der Waals surface area contributed by atoms with Crippen LogP contribution in [0.2, 0.25) is 0 Å². The topological polar surface area (TPSA) is 72.3 Å². The van der Waals surface area contributed by atoms with Crippen LogP contribution in [0.25, 0.3) is 0 Å². The van der Waals surface area contributed by atoms with Crippen molar-refractivity contribution >= 4 is 5.91 Å². The summed E-state index contributed by atoms with van der Waals surface area (Å²) in [6.45, 7) is 2.02. The Hall–Kier alpha value is -1.39. The van der Waals surface area contributed by atoms with Crippen LogP contribution in [-0.2, 0) is 17.8 Å². The van der Waals surface area contributed by atoms with Gasteiger partial charge in [-0.25, -0.2) is 0 Å². The lowest BCUT2D eigenvalue weighted by Crippen LogP contribution is -2.50. The number of carbonyl (C=O) groups is 1. The molecule has 1 atom stereocenters. The van der Waals surface area contributed by atoms with Gasteiger partial charge in [-0.1, -0.05) is 24.3 Å². The van der Waals surface area contributed by atoms with Crippen molar-refractivity contribution in [1.29, 1.82) is 0 Å². The summed E-state index contributed by atoms with van der Waals surface area (Å²) in [6, 6.07) is 7.96. The highest BCUT2D eigenvalue weighted by Gasteiger charge is 2.28. The molecule has 0 aromatic heterocycles. The van der Waals surface area contributed by atoms with E-state index in [1.807, 2.05) is 12.1 Å². The van der Waals surface area contributed by atoms with E-state index in [2.05, 4.69) is 17.0 Å². The average Bonchev–Trinajstić information content (AvgIpc) is 2.28. The number of fused-ring (bicyclic) bond motifs is 1. The molecule has 4 heteroatoms. The minimum Gasteiger partial charge on any atom is -0.368 e. The standard InChI is InChI=1S/C12H17N3O/c13-5-6-15-8-10-4-2-1-3-9(10)7-11(15)12(14)16/h1-4,11H,5-8,13H2,(H2,14,16). The number of nitrogens with zero attached hydrogens (tertiary/aromatic N) is 1. The fourth-order valence-corrected chi connectivity index (χ4v) is 2.26. The van der Waals surface area contributed by atoms with Crippen LogP contribution in [0.15, 0.2) is 24.3 Å². The fraction of sp³-hybridized carbons (Fsp3) is 0.417. The molecule has 1 unspecified atom stereocenters. The highest BCUT2D eigenvalue weighted by Crippen LogP contribution is 2.22. The van der Waals surface area contributed by atoms with Crippen LogP contribution in [0.4, 0.5) is 0 Å². The first-order valence-electron chi connectivity index (χ1n) is 5.52. The van der Waals surface area contributed by atoms with Crippen LogP contribution in [0.1, 0.15) is 11.1 Å². The smallest absolute Gasteiger partial charge is 0.235 e. The van der Waals surface area contributed by atoms with Gasteiger partial charge in [0.05, 0.1) is 6.04 Å². The van der Waals surface area contributed by atoms with E-state index < -0.39 is 0 Å². The number of benzene rings is 1. The van der Waals surface area contributed by atoms with E-state index in [1.165, 1.54) is 11.1 Å². The fourth-order valence-electron chi connectivity index (χ4n) is 2.26. The van der Waals surface area contributed by atoms with Gasteiger partial charge >= 0.3 is 0 Å². The summed E-state index contributed by atoms with van der Waals surface area (Å²) in [5.74, 6) is -0.261. The first kappa shape index (κ1) is 11.1. The van der Waals surface area contributed by atoms with Gasteiger partial charge in [0.15, 0.2) is 0 Å². The van der Waals surface area contributed by atoms with Crippen molar-refractivity contribution in [2.24, 2.45) is 11.5 Å². The van der Waals surface area contributed by atoms with Gasteiger partial charge in [0.25, 0.3) is 0 Å². The van der Waals surface area contributed by atoms with Crippen LogP contribution in [0.5, 0.6) is 0 Å². The highest BCUT2D eigenvalue weighted by atomic mass is 16.1. The Bertz CT molecular complexity index is 392. The number of amides is 1. The Morgan fingerprint density at radius 1 is 1.38 bits per heavy atom. The molecule has 1 aliphatic rings. The monoisotopic (exact) mass is 219 g/mol. The second-order valence-electron chi connectivity index (χ2n) is 4.15. The normalized spacial score (nSPS) is 20.4. The third-order valence-electron chi connectivity index (χ3n) is 3.09. The molecule has 1 amide bonds. The molecule has 0 fully saturated rings. The maximum Gasteiger partial charge on any atom is 0.235 e. The van der Waals surface area contributed by atoms with E-state index >= 15 is 0 Å². The van der Waals surface area contributed by atoms with Crippen LogP contribution in [-0.4, -0.2) is 29.9 Å². The zero-order valence-electron chi connectivity index (χ0n) is 9.23. The number of hydrogen-bond donors (Lipinski definition) is 2. The van der Waals surface area contributed by atoms with Crippen molar-refractivity contribution in [2.45, 2.75) is 19.0 Å². The number of nitrogens with two attached hydrogens (primary N) is 2. The molecule has 2 rings (SSSR count). The van der Waals surface area contributed by atoms with Crippen molar-refractivity contribution in [3.8, 4) is 0 Å².